The van der Waals surface area contributed by atoms with Gasteiger partial charge >= 0.3 is 0 Å². The Labute approximate surface area is 516 Å². The molecule has 10 atom stereocenters. The molecule has 1 saturated carbocycles. The third-order valence-corrected chi connectivity index (χ3v) is 15.3. The summed E-state index contributed by atoms with van der Waals surface area (Å²) in [5.41, 5.74) is 6.71. The molecule has 6 rings (SSSR count). The number of nitrogens with zero attached hydrogens (tertiary/aromatic N) is 1. The fraction of sp³-hybridized carbons (Fsp3) is 0.541. The molecule has 2 fully saturated rings. The number of Topliss-reactive ketones (excluding diaryl/α,β-unsaturated/α-hetero) is 1. The number of para-hydroxylation sites is 1. The molecule has 0 spiro atoms. The Morgan fingerprint density at radius 3 is 1.93 bits per heavy atom. The maximum Gasteiger partial charge on any atom is 0.245 e. The van der Waals surface area contributed by atoms with Crippen molar-refractivity contribution in [2.75, 3.05) is 26.3 Å². The Bertz CT molecular complexity index is 3110. The number of fused-ring (bicyclic) bond motifs is 1. The number of phenols is 1. The zero-order valence-corrected chi connectivity index (χ0v) is 51.2. The highest BCUT2D eigenvalue weighted by atomic mass is 16.5. The minimum atomic E-state index is -1.78. The number of nitrogens with one attached hydrogen (secondary N) is 13. The number of carbonyl (C=O) groups excluding carboxylic acids is 10. The van der Waals surface area contributed by atoms with Crippen molar-refractivity contribution >= 4 is 75.8 Å². The van der Waals surface area contributed by atoms with Crippen LogP contribution in [-0.4, -0.2) is 170 Å². The number of nitrogens with two attached hydrogens (primary N) is 1. The zero-order valence-electron chi connectivity index (χ0n) is 51.2. The predicted molar refractivity (Wildman–Crippen MR) is 327 cm³/mol. The maximum atomic E-state index is 14.8. The Morgan fingerprint density at radius 1 is 0.719 bits per heavy atom. The van der Waals surface area contributed by atoms with Crippen LogP contribution in [0.1, 0.15) is 110 Å². The number of benzene rings is 2. The van der Waals surface area contributed by atoms with E-state index in [0.29, 0.717) is 60.0 Å². The number of H-pyrrole nitrogens is 2. The first-order valence-corrected chi connectivity index (χ1v) is 30.2. The molecule has 2 aromatic heterocycles. The number of rotatable bonds is 33. The number of phenolic OH excluding ortho intramolecular Hbond substituents is 1. The number of guanidine groups is 1. The van der Waals surface area contributed by atoms with Gasteiger partial charge in [-0.2, -0.15) is 0 Å². The van der Waals surface area contributed by atoms with Crippen LogP contribution >= 0.6 is 0 Å². The lowest BCUT2D eigenvalue weighted by atomic mass is 9.86. The molecular weight excluding hydrogens is 1150 g/mol. The number of aromatic nitrogens is 3. The van der Waals surface area contributed by atoms with Crippen LogP contribution in [0.25, 0.3) is 10.9 Å². The molecule has 2 aliphatic rings. The fourth-order valence-corrected chi connectivity index (χ4v) is 10.8. The van der Waals surface area contributed by atoms with E-state index in [1.165, 1.54) is 36.8 Å². The summed E-state index contributed by atoms with van der Waals surface area (Å²) < 4.78 is 6.05. The fourth-order valence-electron chi connectivity index (χ4n) is 10.8. The van der Waals surface area contributed by atoms with Gasteiger partial charge in [-0.1, -0.05) is 50.6 Å². The molecule has 28 heteroatoms. The second-order valence-corrected chi connectivity index (χ2v) is 23.9. The Morgan fingerprint density at radius 2 is 1.31 bits per heavy atom. The summed E-state index contributed by atoms with van der Waals surface area (Å²) in [7, 11) is 0. The standard InChI is InChI=1S/C61H87N15O13/c1-7-65-52(81)40-14-10-13-39(40)51(80)42(16-11-23-66-60(62)63)70-54(83)44(24-33(2)3)71-59(88)49(31-89-61(4,5)6)76-55(84)45(25-34-17-19-37(78)20-18-34)72-58(87)48(30-77)75-56(85)46(26-35-28-67-41-15-9-8-12-38(35)41)73-57(86)47(27-36-29-64-32-68-36)74-53(82)43-21-22-50(79)69-43/h8-9,12,15,17-20,28-29,32-33,39-40,42-49,67,77-78H,7,10-11,13-14,16,21-27,30-31H2,1-6H3,(H,64,68)(H,65,81)(H,69,79)(H,70,83)(H,71,88)(H,72,87)(H,73,86)(H,74,82)(H,75,85)(H,76,84)(H4,62,63,66)/t39?,40-,42+,43-,44+,45+,46+,47+,48+,49-/m1/s1. The van der Waals surface area contributed by atoms with Crippen molar-refractivity contribution < 1.29 is 62.9 Å². The molecule has 484 valence electrons. The van der Waals surface area contributed by atoms with Crippen LogP contribution in [0.4, 0.5) is 0 Å². The van der Waals surface area contributed by atoms with Crippen molar-refractivity contribution in [2.24, 2.45) is 23.5 Å². The first-order chi connectivity index (χ1) is 42.3. The second kappa shape index (κ2) is 32.9. The molecule has 0 bridgehead atoms. The number of aliphatic hydroxyl groups is 1. The van der Waals surface area contributed by atoms with E-state index in [2.05, 4.69) is 68.1 Å². The Kier molecular flexibility index (Phi) is 25.6. The van der Waals surface area contributed by atoms with Gasteiger partial charge < -0.3 is 83.8 Å². The van der Waals surface area contributed by atoms with E-state index in [4.69, 9.17) is 15.9 Å². The Balaban J connectivity index is 1.24. The number of amides is 9. The van der Waals surface area contributed by atoms with Crippen LogP contribution < -0.4 is 58.9 Å². The van der Waals surface area contributed by atoms with Gasteiger partial charge in [0.15, 0.2) is 11.7 Å². The van der Waals surface area contributed by atoms with Gasteiger partial charge in [-0.05, 0) is 101 Å². The molecule has 1 saturated heterocycles. The summed E-state index contributed by atoms with van der Waals surface area (Å²) >= 11 is 0. The van der Waals surface area contributed by atoms with Gasteiger partial charge in [0, 0.05) is 73.9 Å². The van der Waals surface area contributed by atoms with Crippen molar-refractivity contribution in [1.82, 2.24) is 68.1 Å². The highest BCUT2D eigenvalue weighted by Gasteiger charge is 2.42. The van der Waals surface area contributed by atoms with Gasteiger partial charge in [0.25, 0.3) is 0 Å². The van der Waals surface area contributed by atoms with Crippen LogP contribution in [0.2, 0.25) is 0 Å². The molecular formula is C61H87N15O13. The highest BCUT2D eigenvalue weighted by Crippen LogP contribution is 2.34. The van der Waals surface area contributed by atoms with Crippen molar-refractivity contribution in [3.63, 3.8) is 0 Å². The quantitative estimate of drug-likeness (QED) is 0.0163. The smallest absolute Gasteiger partial charge is 0.245 e. The summed E-state index contributed by atoms with van der Waals surface area (Å²) in [6, 6.07) is 1.88. The Hall–Kier alpha value is -8.92. The summed E-state index contributed by atoms with van der Waals surface area (Å²) in [5, 5.41) is 56.1. The molecule has 4 aromatic rings. The molecule has 1 aliphatic heterocycles. The summed E-state index contributed by atoms with van der Waals surface area (Å²) in [4.78, 5) is 150. The number of ketones is 1. The number of imidazole rings is 1. The number of ether oxygens (including phenoxy) is 1. The summed E-state index contributed by atoms with van der Waals surface area (Å²) in [6.45, 7) is 9.67. The molecule has 1 unspecified atom stereocenters. The normalized spacial score (nSPS) is 18.0. The van der Waals surface area contributed by atoms with E-state index in [1.807, 2.05) is 19.9 Å². The molecule has 17 N–H and O–H groups in total. The molecule has 0 radical (unpaired) electrons. The number of aromatic hydroxyl groups is 1. The van der Waals surface area contributed by atoms with Crippen LogP contribution in [0.3, 0.4) is 0 Å². The largest absolute Gasteiger partial charge is 0.508 e. The van der Waals surface area contributed by atoms with Crippen molar-refractivity contribution in [3.8, 4) is 5.75 Å². The monoisotopic (exact) mass is 1240 g/mol. The van der Waals surface area contributed by atoms with E-state index in [-0.39, 0.29) is 86.7 Å². The molecule has 1 aliphatic carbocycles. The van der Waals surface area contributed by atoms with Gasteiger partial charge in [-0.15, -0.1) is 0 Å². The third-order valence-electron chi connectivity index (χ3n) is 15.3. The topological polar surface area (TPSA) is 435 Å². The van der Waals surface area contributed by atoms with E-state index in [0.717, 1.165) is 0 Å². The van der Waals surface area contributed by atoms with Gasteiger partial charge in [0.1, 0.15) is 48.0 Å². The summed E-state index contributed by atoms with van der Waals surface area (Å²) in [6.07, 6.45) is 6.28. The third kappa shape index (κ3) is 21.1. The molecule has 3 heterocycles. The van der Waals surface area contributed by atoms with E-state index in [9.17, 15) is 58.2 Å². The van der Waals surface area contributed by atoms with Gasteiger partial charge in [-0.3, -0.25) is 53.4 Å². The number of hydrogen-bond acceptors (Lipinski definition) is 15. The lowest BCUT2D eigenvalue weighted by molar-refractivity contribution is -0.138. The summed E-state index contributed by atoms with van der Waals surface area (Å²) in [5.74, 6) is -8.85. The molecule has 89 heavy (non-hydrogen) atoms. The van der Waals surface area contributed by atoms with Crippen LogP contribution in [0.5, 0.6) is 5.75 Å². The molecule has 2 aromatic carbocycles. The zero-order chi connectivity index (χ0) is 65.0. The van der Waals surface area contributed by atoms with Gasteiger partial charge in [0.2, 0.25) is 53.2 Å². The number of carbonyl (C=O) groups is 10. The van der Waals surface area contributed by atoms with Gasteiger partial charge in [-0.25, -0.2) is 4.98 Å². The van der Waals surface area contributed by atoms with E-state index < -0.39 is 120 Å². The van der Waals surface area contributed by atoms with Crippen molar-refractivity contribution in [3.05, 3.63) is 84.1 Å². The number of aromatic amines is 2. The minimum absolute atomic E-state index is 0.0692. The van der Waals surface area contributed by atoms with Crippen LogP contribution in [0.15, 0.2) is 67.3 Å². The number of aliphatic hydroxyl groups excluding tert-OH is 1. The van der Waals surface area contributed by atoms with Gasteiger partial charge in [0.05, 0.1) is 36.9 Å². The maximum absolute atomic E-state index is 14.8. The molecule has 28 nitrogen and oxygen atoms in total. The minimum Gasteiger partial charge on any atom is -0.508 e. The predicted octanol–water partition coefficient (Wildman–Crippen LogP) is -0.465. The highest BCUT2D eigenvalue weighted by molar-refractivity contribution is 6.00. The second-order valence-electron chi connectivity index (χ2n) is 23.9. The first-order valence-electron chi connectivity index (χ1n) is 30.2. The lowest BCUT2D eigenvalue weighted by Gasteiger charge is -2.30. The SMILES string of the molecule is CCNC(=O)[C@@H]1CCCC1C(=O)[C@H](CCCNC(=N)N)NC(=O)[C@H](CC(C)C)NC(=O)[C@@H](COC(C)(C)C)NC(=O)[C@H](Cc1ccc(O)cc1)NC(=O)[C@H](CO)NC(=O)[C@H](Cc1c[nH]c2ccccc12)NC(=O)[C@H](Cc1c[nH]cn1)NC(=O)[C@H]1CCC(=O)N1. The van der Waals surface area contributed by atoms with E-state index >= 15 is 0 Å². The molecule has 9 amide bonds. The number of hydrogen-bond donors (Lipinski definition) is 16. The van der Waals surface area contributed by atoms with E-state index in [1.54, 1.807) is 52.1 Å². The average Bonchev–Trinajstić information content (AvgIpc) is 2.55. The first kappa shape index (κ1) is 69.2. The van der Waals surface area contributed by atoms with Crippen LogP contribution in [-0.2, 0) is 71.9 Å². The van der Waals surface area contributed by atoms with Crippen molar-refractivity contribution in [2.45, 2.75) is 166 Å². The lowest BCUT2D eigenvalue weighted by Crippen LogP contribution is -2.62. The van der Waals surface area contributed by atoms with Crippen molar-refractivity contribution in [1.29, 1.82) is 5.41 Å². The van der Waals surface area contributed by atoms with Crippen LogP contribution in [0, 0.1) is 23.2 Å². The average molecular weight is 1240 g/mol.